The molecule has 0 spiro atoms. The van der Waals surface area contributed by atoms with Crippen molar-refractivity contribution in [1.82, 2.24) is 25.3 Å². The van der Waals surface area contributed by atoms with E-state index in [1.807, 2.05) is 57.5 Å². The van der Waals surface area contributed by atoms with Gasteiger partial charge in [0.15, 0.2) is 12.1 Å². The molecule has 0 atom stereocenters. The zero-order valence-corrected chi connectivity index (χ0v) is 16.5. The number of anilines is 1. The molecule has 3 aromatic heterocycles. The van der Waals surface area contributed by atoms with Crippen LogP contribution in [0.15, 0.2) is 61.1 Å². The lowest BCUT2D eigenvalue weighted by Gasteiger charge is -2.10. The molecule has 0 aliphatic rings. The number of aldehydes is 1. The van der Waals surface area contributed by atoms with Gasteiger partial charge in [-0.1, -0.05) is 12.1 Å². The first-order valence-electron chi connectivity index (χ1n) is 9.10. The topological polar surface area (TPSA) is 92.7 Å². The van der Waals surface area contributed by atoms with Gasteiger partial charge in [0.1, 0.15) is 11.5 Å². The monoisotopic (exact) mass is 386 g/mol. The average Bonchev–Trinajstić information content (AvgIpc) is 2.79. The Balaban J connectivity index is 0.000000755. The lowest BCUT2D eigenvalue weighted by Crippen LogP contribution is -1.99. The number of nitrogens with one attached hydrogen (secondary N) is 2. The number of carbonyl (C=O) groups excluding carboxylic acids is 1. The van der Waals surface area contributed by atoms with E-state index >= 15 is 0 Å². The molecule has 4 rings (SSSR count). The summed E-state index contributed by atoms with van der Waals surface area (Å²) >= 11 is 0. The van der Waals surface area contributed by atoms with Gasteiger partial charge in [0.05, 0.1) is 5.52 Å². The first-order chi connectivity index (χ1) is 14.2. The molecule has 146 valence electrons. The van der Waals surface area contributed by atoms with Crippen LogP contribution in [0, 0.1) is 0 Å². The van der Waals surface area contributed by atoms with Crippen LogP contribution in [-0.2, 0) is 0 Å². The molecule has 0 amide bonds. The van der Waals surface area contributed by atoms with Gasteiger partial charge >= 0.3 is 0 Å². The number of pyridine rings is 2. The van der Waals surface area contributed by atoms with Crippen molar-refractivity contribution in [3.63, 3.8) is 0 Å². The molecule has 3 heterocycles. The Morgan fingerprint density at radius 2 is 1.69 bits per heavy atom. The van der Waals surface area contributed by atoms with Gasteiger partial charge in [0.2, 0.25) is 0 Å². The Hall–Kier alpha value is -3.71. The van der Waals surface area contributed by atoms with Crippen molar-refractivity contribution in [3.05, 3.63) is 66.7 Å². The molecule has 7 nitrogen and oxygen atoms in total. The van der Waals surface area contributed by atoms with Crippen LogP contribution < -0.4 is 10.6 Å². The lowest BCUT2D eigenvalue weighted by molar-refractivity contribution is 0.111. The summed E-state index contributed by atoms with van der Waals surface area (Å²) in [6, 6.07) is 13.3. The van der Waals surface area contributed by atoms with Crippen molar-refractivity contribution < 1.29 is 4.79 Å². The first kappa shape index (κ1) is 20.0. The third kappa shape index (κ3) is 4.59. The van der Waals surface area contributed by atoms with Crippen molar-refractivity contribution in [2.75, 3.05) is 26.5 Å². The Labute approximate surface area is 169 Å². The number of benzene rings is 1. The standard InChI is InChI=1S/C20H15N5O.C2H7N/c1-21-20-17-9-13(14-4-6-16(12-26)23-11-14)5-7-18(17)24-19(25-20)15-3-2-8-22-10-15;1-3-2/h2-12H,1H3,(H,21,24,25);3H,1-2H3. The smallest absolute Gasteiger partial charge is 0.168 e. The minimum Gasteiger partial charge on any atom is -0.373 e. The van der Waals surface area contributed by atoms with Gasteiger partial charge in [0, 0.05) is 42.2 Å². The molecule has 0 aliphatic carbocycles. The number of hydrogen-bond acceptors (Lipinski definition) is 7. The average molecular weight is 386 g/mol. The molecular formula is C22H22N6O. The normalized spacial score (nSPS) is 10.2. The second kappa shape index (κ2) is 9.48. The highest BCUT2D eigenvalue weighted by Crippen LogP contribution is 2.29. The number of hydrogen-bond donors (Lipinski definition) is 2. The quantitative estimate of drug-likeness (QED) is 0.519. The fraction of sp³-hybridized carbons (Fsp3) is 0.136. The summed E-state index contributed by atoms with van der Waals surface area (Å²) in [6.07, 6.45) is 5.89. The summed E-state index contributed by atoms with van der Waals surface area (Å²) in [5.74, 6) is 1.37. The molecule has 2 N–H and O–H groups in total. The Morgan fingerprint density at radius 1 is 0.897 bits per heavy atom. The van der Waals surface area contributed by atoms with Gasteiger partial charge in [0.25, 0.3) is 0 Å². The Bertz CT molecular complexity index is 1100. The molecule has 0 fully saturated rings. The van der Waals surface area contributed by atoms with Crippen LogP contribution in [-0.4, -0.2) is 47.4 Å². The largest absolute Gasteiger partial charge is 0.373 e. The van der Waals surface area contributed by atoms with E-state index in [1.165, 1.54) is 0 Å². The highest BCUT2D eigenvalue weighted by atomic mass is 16.1. The highest BCUT2D eigenvalue weighted by Gasteiger charge is 2.10. The Morgan fingerprint density at radius 3 is 2.31 bits per heavy atom. The second-order valence-corrected chi connectivity index (χ2v) is 6.21. The molecule has 0 bridgehead atoms. The van der Waals surface area contributed by atoms with Crippen LogP contribution in [0.25, 0.3) is 33.4 Å². The summed E-state index contributed by atoms with van der Waals surface area (Å²) in [5.41, 5.74) is 4.02. The SMILES string of the molecule is CNC.CNc1nc(-c2cccnc2)nc2ccc(-c3ccc(C=O)nc3)cc12. The molecular weight excluding hydrogens is 364 g/mol. The number of rotatable bonds is 4. The molecule has 29 heavy (non-hydrogen) atoms. The van der Waals surface area contributed by atoms with E-state index in [2.05, 4.69) is 30.6 Å². The summed E-state index contributed by atoms with van der Waals surface area (Å²) in [4.78, 5) is 28.3. The fourth-order valence-electron chi connectivity index (χ4n) is 2.77. The van der Waals surface area contributed by atoms with E-state index in [9.17, 15) is 4.79 Å². The van der Waals surface area contributed by atoms with Gasteiger partial charge in [-0.25, -0.2) is 9.97 Å². The number of fused-ring (bicyclic) bond motifs is 1. The van der Waals surface area contributed by atoms with E-state index in [4.69, 9.17) is 0 Å². The van der Waals surface area contributed by atoms with Gasteiger partial charge in [-0.2, -0.15) is 0 Å². The summed E-state index contributed by atoms with van der Waals surface area (Å²) in [7, 11) is 5.59. The molecule has 4 aromatic rings. The summed E-state index contributed by atoms with van der Waals surface area (Å²) < 4.78 is 0. The van der Waals surface area contributed by atoms with E-state index in [1.54, 1.807) is 24.7 Å². The van der Waals surface area contributed by atoms with Crippen LogP contribution in [0.5, 0.6) is 0 Å². The third-order valence-electron chi connectivity index (χ3n) is 4.09. The van der Waals surface area contributed by atoms with E-state index < -0.39 is 0 Å². The van der Waals surface area contributed by atoms with Gasteiger partial charge in [-0.3, -0.25) is 14.8 Å². The zero-order valence-electron chi connectivity index (χ0n) is 16.5. The van der Waals surface area contributed by atoms with Crippen molar-refractivity contribution in [1.29, 1.82) is 0 Å². The van der Waals surface area contributed by atoms with Crippen LogP contribution in [0.2, 0.25) is 0 Å². The van der Waals surface area contributed by atoms with Crippen LogP contribution in [0.4, 0.5) is 5.82 Å². The maximum Gasteiger partial charge on any atom is 0.168 e. The lowest BCUT2D eigenvalue weighted by atomic mass is 10.0. The van der Waals surface area contributed by atoms with Crippen LogP contribution in [0.1, 0.15) is 10.5 Å². The number of nitrogens with zero attached hydrogens (tertiary/aromatic N) is 4. The predicted octanol–water partition coefficient (Wildman–Crippen LogP) is 3.44. The molecule has 0 aliphatic heterocycles. The maximum atomic E-state index is 10.8. The third-order valence-corrected chi connectivity index (χ3v) is 4.09. The van der Waals surface area contributed by atoms with Crippen molar-refractivity contribution in [2.45, 2.75) is 0 Å². The van der Waals surface area contributed by atoms with Crippen LogP contribution >= 0.6 is 0 Å². The molecule has 7 heteroatoms. The zero-order chi connectivity index (χ0) is 20.6. The second-order valence-electron chi connectivity index (χ2n) is 6.21. The number of aromatic nitrogens is 4. The van der Waals surface area contributed by atoms with Gasteiger partial charge < -0.3 is 10.6 Å². The van der Waals surface area contributed by atoms with E-state index in [0.717, 1.165) is 39.7 Å². The molecule has 0 unspecified atom stereocenters. The summed E-state index contributed by atoms with van der Waals surface area (Å²) in [6.45, 7) is 0. The van der Waals surface area contributed by atoms with E-state index in [-0.39, 0.29) is 0 Å². The minimum atomic E-state index is 0.412. The highest BCUT2D eigenvalue weighted by molar-refractivity contribution is 5.93. The molecule has 0 saturated carbocycles. The summed E-state index contributed by atoms with van der Waals surface area (Å²) in [5, 5.41) is 6.81. The fourth-order valence-corrected chi connectivity index (χ4v) is 2.77. The van der Waals surface area contributed by atoms with Gasteiger partial charge in [-0.05, 0) is 50.0 Å². The van der Waals surface area contributed by atoms with E-state index in [0.29, 0.717) is 11.5 Å². The van der Waals surface area contributed by atoms with Crippen LogP contribution in [0.3, 0.4) is 0 Å². The van der Waals surface area contributed by atoms with Gasteiger partial charge in [-0.15, -0.1) is 0 Å². The maximum absolute atomic E-state index is 10.8. The predicted molar refractivity (Wildman–Crippen MR) is 116 cm³/mol. The molecule has 0 saturated heterocycles. The van der Waals surface area contributed by atoms with Crippen molar-refractivity contribution >= 4 is 23.0 Å². The Kier molecular flexibility index (Phi) is 6.55. The van der Waals surface area contributed by atoms with Crippen molar-refractivity contribution in [3.8, 4) is 22.5 Å². The molecule has 1 aromatic carbocycles. The number of carbonyl (C=O) groups is 1. The molecule has 0 radical (unpaired) electrons. The minimum absolute atomic E-state index is 0.412. The van der Waals surface area contributed by atoms with Crippen molar-refractivity contribution in [2.24, 2.45) is 0 Å². The first-order valence-corrected chi connectivity index (χ1v) is 9.10.